The molecule has 0 aromatic heterocycles. The quantitative estimate of drug-likeness (QED) is 0.114. The Balaban J connectivity index is 1.50. The Hall–Kier alpha value is -4.21. The van der Waals surface area contributed by atoms with E-state index in [1.807, 2.05) is 30.3 Å². The summed E-state index contributed by atoms with van der Waals surface area (Å²) in [4.78, 5) is 43.2. The van der Waals surface area contributed by atoms with Gasteiger partial charge in [0, 0.05) is 31.6 Å². The van der Waals surface area contributed by atoms with E-state index in [9.17, 15) is 14.4 Å². The highest BCUT2D eigenvalue weighted by Crippen LogP contribution is 2.29. The number of rotatable bonds is 13. The van der Waals surface area contributed by atoms with Gasteiger partial charge in [-0.15, -0.1) is 0 Å². The Labute approximate surface area is 266 Å². The number of nitrogen functional groups attached to an aromatic ring is 1. The number of nitrogens with two attached hydrogens (primary N) is 2. The summed E-state index contributed by atoms with van der Waals surface area (Å²) in [5.74, 6) is -1.38. The van der Waals surface area contributed by atoms with Crippen LogP contribution in [0.2, 0.25) is 0 Å². The average molecular weight is 616 g/mol. The first-order valence-electron chi connectivity index (χ1n) is 16.3. The summed E-state index contributed by atoms with van der Waals surface area (Å²) in [6, 6.07) is 15.9. The minimum Gasteiger partial charge on any atom is -0.387 e. The van der Waals surface area contributed by atoms with Crippen molar-refractivity contribution in [1.82, 2.24) is 15.5 Å². The normalized spacial score (nSPS) is 19.9. The van der Waals surface area contributed by atoms with Gasteiger partial charge in [-0.2, -0.15) is 0 Å². The lowest BCUT2D eigenvalue weighted by molar-refractivity contribution is -0.143. The first-order chi connectivity index (χ1) is 21.6. The Morgan fingerprint density at radius 2 is 1.49 bits per heavy atom. The Kier molecular flexibility index (Phi) is 12.1. The van der Waals surface area contributed by atoms with Crippen LogP contribution in [0.25, 0.3) is 0 Å². The van der Waals surface area contributed by atoms with Crippen molar-refractivity contribution < 1.29 is 14.4 Å². The number of nitrogens with zero attached hydrogens (tertiary/aromatic N) is 1. The minimum atomic E-state index is -1.04. The van der Waals surface area contributed by atoms with Crippen molar-refractivity contribution in [3.05, 3.63) is 71.3 Å². The molecule has 4 rings (SSSR count). The topological polar surface area (TPSA) is 178 Å². The molecule has 8 N–H and O–H groups in total. The maximum atomic E-state index is 14.1. The smallest absolute Gasteiger partial charge is 0.242 e. The molecule has 2 saturated carbocycles. The third-order valence-corrected chi connectivity index (χ3v) is 9.51. The van der Waals surface area contributed by atoms with E-state index < -0.39 is 17.9 Å². The van der Waals surface area contributed by atoms with Crippen LogP contribution in [0.3, 0.4) is 0 Å². The second-order valence-electron chi connectivity index (χ2n) is 12.8. The molecule has 0 aliphatic heterocycles. The SMILES string of the molecule is CN(Cc1ccccc1)C(=O)C(Cc1ccc(C(=N)N)cc1)C(=O)NC(C(=O)NCC1CCC(C(=N)N)CC1)C1CCCCC1. The number of amides is 3. The van der Waals surface area contributed by atoms with Crippen LogP contribution in [0.15, 0.2) is 54.6 Å². The van der Waals surface area contributed by atoms with Gasteiger partial charge in [-0.25, -0.2) is 0 Å². The summed E-state index contributed by atoms with van der Waals surface area (Å²) in [6.07, 6.45) is 8.48. The summed E-state index contributed by atoms with van der Waals surface area (Å²) in [6.45, 7) is 0.873. The van der Waals surface area contributed by atoms with E-state index in [2.05, 4.69) is 10.6 Å². The summed E-state index contributed by atoms with van der Waals surface area (Å²) < 4.78 is 0. The number of amidine groups is 2. The van der Waals surface area contributed by atoms with Crippen LogP contribution in [0, 0.1) is 34.5 Å². The Morgan fingerprint density at radius 3 is 2.09 bits per heavy atom. The van der Waals surface area contributed by atoms with Gasteiger partial charge in [0.2, 0.25) is 17.7 Å². The molecule has 3 amide bonds. The maximum Gasteiger partial charge on any atom is 0.242 e. The van der Waals surface area contributed by atoms with Gasteiger partial charge in [0.05, 0.1) is 5.84 Å². The number of hydrogen-bond acceptors (Lipinski definition) is 5. The van der Waals surface area contributed by atoms with Crippen LogP contribution < -0.4 is 22.1 Å². The second kappa shape index (κ2) is 16.2. The van der Waals surface area contributed by atoms with Crippen molar-refractivity contribution in [2.75, 3.05) is 13.6 Å². The maximum absolute atomic E-state index is 14.1. The number of hydrogen-bond donors (Lipinski definition) is 6. The predicted molar refractivity (Wildman–Crippen MR) is 176 cm³/mol. The molecule has 10 heteroatoms. The van der Waals surface area contributed by atoms with Gasteiger partial charge in [0.1, 0.15) is 17.8 Å². The molecular formula is C35H49N7O3. The molecule has 10 nitrogen and oxygen atoms in total. The fourth-order valence-corrected chi connectivity index (χ4v) is 6.70. The highest BCUT2D eigenvalue weighted by molar-refractivity contribution is 6.02. The molecule has 242 valence electrons. The largest absolute Gasteiger partial charge is 0.387 e. The van der Waals surface area contributed by atoms with E-state index in [4.69, 9.17) is 22.3 Å². The number of carbonyl (C=O) groups excluding carboxylic acids is 3. The van der Waals surface area contributed by atoms with E-state index in [1.165, 1.54) is 0 Å². The average Bonchev–Trinajstić information content (AvgIpc) is 3.05. The molecule has 2 unspecified atom stereocenters. The molecule has 0 heterocycles. The highest BCUT2D eigenvalue weighted by Gasteiger charge is 2.36. The first kappa shape index (κ1) is 33.7. The van der Waals surface area contributed by atoms with Crippen molar-refractivity contribution in [2.24, 2.45) is 35.1 Å². The van der Waals surface area contributed by atoms with E-state index >= 15 is 0 Å². The van der Waals surface area contributed by atoms with E-state index in [0.717, 1.165) is 68.9 Å². The Morgan fingerprint density at radius 1 is 0.844 bits per heavy atom. The van der Waals surface area contributed by atoms with Crippen LogP contribution in [-0.2, 0) is 27.3 Å². The molecule has 2 aliphatic rings. The van der Waals surface area contributed by atoms with Gasteiger partial charge in [-0.3, -0.25) is 25.2 Å². The zero-order chi connectivity index (χ0) is 32.3. The molecule has 2 aromatic carbocycles. The summed E-state index contributed by atoms with van der Waals surface area (Å²) in [5, 5.41) is 21.6. The molecule has 0 radical (unpaired) electrons. The van der Waals surface area contributed by atoms with Gasteiger partial charge < -0.3 is 27.0 Å². The fourth-order valence-electron chi connectivity index (χ4n) is 6.70. The van der Waals surface area contributed by atoms with Crippen LogP contribution >= 0.6 is 0 Å². The summed E-state index contributed by atoms with van der Waals surface area (Å²) >= 11 is 0. The number of benzene rings is 2. The van der Waals surface area contributed by atoms with Crippen molar-refractivity contribution in [2.45, 2.75) is 76.8 Å². The van der Waals surface area contributed by atoms with Crippen molar-refractivity contribution in [3.63, 3.8) is 0 Å². The molecule has 2 atom stereocenters. The van der Waals surface area contributed by atoms with Crippen LogP contribution in [0.5, 0.6) is 0 Å². The van der Waals surface area contributed by atoms with Crippen molar-refractivity contribution >= 4 is 29.4 Å². The van der Waals surface area contributed by atoms with Gasteiger partial charge in [-0.05, 0) is 67.9 Å². The van der Waals surface area contributed by atoms with Gasteiger partial charge in [0.25, 0.3) is 0 Å². The molecule has 45 heavy (non-hydrogen) atoms. The second-order valence-corrected chi connectivity index (χ2v) is 12.8. The Bertz CT molecular complexity index is 1320. The predicted octanol–water partition coefficient (Wildman–Crippen LogP) is 3.71. The van der Waals surface area contributed by atoms with Crippen LogP contribution in [0.4, 0.5) is 0 Å². The third-order valence-electron chi connectivity index (χ3n) is 9.51. The summed E-state index contributed by atoms with van der Waals surface area (Å²) in [7, 11) is 1.70. The lowest BCUT2D eigenvalue weighted by Crippen LogP contribution is -2.55. The zero-order valence-corrected chi connectivity index (χ0v) is 26.4. The van der Waals surface area contributed by atoms with Crippen molar-refractivity contribution in [3.8, 4) is 0 Å². The van der Waals surface area contributed by atoms with Crippen molar-refractivity contribution in [1.29, 1.82) is 10.8 Å². The minimum absolute atomic E-state index is 0.00352. The standard InChI is InChI=1S/C35H49N7O3/c1-42(22-25-8-4-2-5-9-25)35(45)29(20-23-12-16-27(17-13-23)31(36)37)33(43)41-30(26-10-6-3-7-11-26)34(44)40-21-24-14-18-28(19-15-24)32(38)39/h2,4-5,8-9,12-13,16-17,24,26,28-30H,3,6-7,10-11,14-15,18-22H2,1H3,(H3,36,37)(H3,38,39)(H,40,44)(H,41,43). The monoisotopic (exact) mass is 615 g/mol. The fraction of sp³-hybridized carbons (Fsp3) is 0.514. The van der Waals surface area contributed by atoms with Gasteiger partial charge >= 0.3 is 0 Å². The number of carbonyl (C=O) groups is 3. The lowest BCUT2D eigenvalue weighted by atomic mass is 9.81. The van der Waals surface area contributed by atoms with Crippen LogP contribution in [-0.4, -0.2) is 53.9 Å². The van der Waals surface area contributed by atoms with E-state index in [1.54, 1.807) is 36.2 Å². The lowest BCUT2D eigenvalue weighted by Gasteiger charge is -2.33. The molecule has 0 saturated heterocycles. The zero-order valence-electron chi connectivity index (χ0n) is 26.4. The molecule has 2 aliphatic carbocycles. The first-order valence-corrected chi connectivity index (χ1v) is 16.3. The molecule has 0 spiro atoms. The van der Waals surface area contributed by atoms with Gasteiger partial charge in [0.15, 0.2) is 0 Å². The summed E-state index contributed by atoms with van der Waals surface area (Å²) in [5.41, 5.74) is 13.6. The third kappa shape index (κ3) is 9.64. The molecule has 2 fully saturated rings. The molecule has 0 bridgehead atoms. The molecule has 2 aromatic rings. The van der Waals surface area contributed by atoms with E-state index in [0.29, 0.717) is 24.6 Å². The van der Waals surface area contributed by atoms with Crippen LogP contribution in [0.1, 0.15) is 74.5 Å². The number of nitrogens with one attached hydrogen (secondary N) is 4. The molecular weight excluding hydrogens is 566 g/mol. The van der Waals surface area contributed by atoms with Gasteiger partial charge in [-0.1, -0.05) is 73.9 Å². The van der Waals surface area contributed by atoms with E-state index in [-0.39, 0.29) is 41.7 Å². The highest BCUT2D eigenvalue weighted by atomic mass is 16.2.